The number of aryl methyl sites for hydroxylation is 1. The highest BCUT2D eigenvalue weighted by Gasteiger charge is 2.11. The number of amides is 1. The summed E-state index contributed by atoms with van der Waals surface area (Å²) in [6, 6.07) is 7.33. The molecule has 3 N–H and O–H groups in total. The maximum Gasteiger partial charge on any atom is 0.248 e. The van der Waals surface area contributed by atoms with Crippen LogP contribution in [0.1, 0.15) is 22.8 Å². The van der Waals surface area contributed by atoms with Crippen LogP contribution in [0.5, 0.6) is 0 Å². The molecule has 6 nitrogen and oxygen atoms in total. The molecule has 0 aliphatic heterocycles. The van der Waals surface area contributed by atoms with Crippen LogP contribution in [0, 0.1) is 0 Å². The van der Waals surface area contributed by atoms with Crippen molar-refractivity contribution in [2.45, 2.75) is 13.3 Å². The number of pyridine rings is 1. The van der Waals surface area contributed by atoms with E-state index in [4.69, 9.17) is 5.73 Å². The van der Waals surface area contributed by atoms with Crippen LogP contribution < -0.4 is 5.73 Å². The van der Waals surface area contributed by atoms with Gasteiger partial charge in [0.25, 0.3) is 0 Å². The van der Waals surface area contributed by atoms with E-state index in [-0.39, 0.29) is 0 Å². The van der Waals surface area contributed by atoms with E-state index >= 15 is 0 Å². The Hall–Kier alpha value is -2.76. The first kappa shape index (κ1) is 12.3. The van der Waals surface area contributed by atoms with Crippen LogP contribution in [0.15, 0.2) is 30.5 Å². The molecule has 0 saturated heterocycles. The molecule has 100 valence electrons. The maximum atomic E-state index is 11.2. The number of hydrogen-bond donors (Lipinski definition) is 2. The monoisotopic (exact) mass is 267 g/mol. The van der Waals surface area contributed by atoms with Gasteiger partial charge in [0.1, 0.15) is 5.69 Å². The first-order valence-corrected chi connectivity index (χ1v) is 6.29. The van der Waals surface area contributed by atoms with Gasteiger partial charge in [-0.2, -0.15) is 0 Å². The number of rotatable bonds is 3. The number of nitrogens with one attached hydrogen (secondary N) is 1. The molecule has 0 fully saturated rings. The topological polar surface area (TPSA) is 97.6 Å². The number of aromatic amines is 1. The minimum absolute atomic E-state index is 0.447. The highest BCUT2D eigenvalue weighted by atomic mass is 16.1. The zero-order valence-electron chi connectivity index (χ0n) is 10.9. The first-order chi connectivity index (χ1) is 9.69. The minimum Gasteiger partial charge on any atom is -0.366 e. The molecule has 0 bridgehead atoms. The van der Waals surface area contributed by atoms with E-state index in [2.05, 4.69) is 33.4 Å². The van der Waals surface area contributed by atoms with Gasteiger partial charge in [0.15, 0.2) is 0 Å². The van der Waals surface area contributed by atoms with Gasteiger partial charge in [-0.05, 0) is 30.2 Å². The van der Waals surface area contributed by atoms with Crippen LogP contribution in [0.3, 0.4) is 0 Å². The Morgan fingerprint density at radius 2 is 2.20 bits per heavy atom. The second-order valence-electron chi connectivity index (χ2n) is 4.49. The zero-order chi connectivity index (χ0) is 14.1. The predicted molar refractivity (Wildman–Crippen MR) is 75.0 cm³/mol. The molecule has 0 spiro atoms. The number of primary amides is 1. The average Bonchev–Trinajstić information content (AvgIpc) is 2.99. The molecule has 20 heavy (non-hydrogen) atoms. The maximum absolute atomic E-state index is 11.2. The van der Waals surface area contributed by atoms with Gasteiger partial charge in [0.2, 0.25) is 5.91 Å². The molecule has 1 aromatic carbocycles. The van der Waals surface area contributed by atoms with E-state index in [1.165, 1.54) is 0 Å². The van der Waals surface area contributed by atoms with E-state index in [0.717, 1.165) is 34.3 Å². The van der Waals surface area contributed by atoms with E-state index < -0.39 is 5.91 Å². The summed E-state index contributed by atoms with van der Waals surface area (Å²) in [4.78, 5) is 15.9. The van der Waals surface area contributed by atoms with Gasteiger partial charge < -0.3 is 5.73 Å². The summed E-state index contributed by atoms with van der Waals surface area (Å²) in [5.41, 5.74) is 9.12. The summed E-state index contributed by atoms with van der Waals surface area (Å²) >= 11 is 0. The molecule has 2 aromatic heterocycles. The molecular formula is C14H13N5O. The van der Waals surface area contributed by atoms with Gasteiger partial charge >= 0.3 is 0 Å². The van der Waals surface area contributed by atoms with Crippen LogP contribution in [0.4, 0.5) is 0 Å². The Labute approximate surface area is 115 Å². The summed E-state index contributed by atoms with van der Waals surface area (Å²) in [6.07, 6.45) is 2.47. The molecule has 0 unspecified atom stereocenters. The summed E-state index contributed by atoms with van der Waals surface area (Å²) < 4.78 is 0. The van der Waals surface area contributed by atoms with Crippen LogP contribution in [0.25, 0.3) is 22.3 Å². The van der Waals surface area contributed by atoms with E-state index in [1.54, 1.807) is 18.3 Å². The predicted octanol–water partition coefficient (Wildman–Crippen LogP) is 1.68. The number of H-pyrrole nitrogens is 1. The lowest BCUT2D eigenvalue weighted by Gasteiger charge is -2.08. The number of fused-ring (bicyclic) bond motifs is 1. The third-order valence-corrected chi connectivity index (χ3v) is 3.23. The Balaban J connectivity index is 2.26. The second-order valence-corrected chi connectivity index (χ2v) is 4.49. The van der Waals surface area contributed by atoms with Crippen molar-refractivity contribution >= 4 is 16.8 Å². The Morgan fingerprint density at radius 3 is 2.85 bits per heavy atom. The van der Waals surface area contributed by atoms with Gasteiger partial charge in [-0.1, -0.05) is 18.2 Å². The van der Waals surface area contributed by atoms with Crippen molar-refractivity contribution in [2.75, 3.05) is 0 Å². The van der Waals surface area contributed by atoms with E-state index in [0.29, 0.717) is 5.56 Å². The standard InChI is InChI=1S/C14H13N5O/c1-2-8-5-9-3-4-10(14(15)20)6-11(9)17-13(8)12-7-16-19-18-12/h3-7H,2H2,1H3,(H2,15,20)(H,16,18,19). The zero-order valence-corrected chi connectivity index (χ0v) is 10.9. The lowest BCUT2D eigenvalue weighted by Crippen LogP contribution is -2.10. The number of nitrogens with two attached hydrogens (primary N) is 1. The number of aromatic nitrogens is 4. The van der Waals surface area contributed by atoms with Crippen LogP contribution in [0.2, 0.25) is 0 Å². The molecule has 1 amide bonds. The molecule has 0 atom stereocenters. The van der Waals surface area contributed by atoms with Crippen LogP contribution >= 0.6 is 0 Å². The van der Waals surface area contributed by atoms with Crippen molar-refractivity contribution in [2.24, 2.45) is 5.73 Å². The number of carbonyl (C=O) groups excluding carboxylic acids is 1. The molecule has 0 saturated carbocycles. The molecule has 3 aromatic rings. The van der Waals surface area contributed by atoms with Crippen molar-refractivity contribution in [1.82, 2.24) is 20.4 Å². The molecule has 3 rings (SSSR count). The fourth-order valence-corrected chi connectivity index (χ4v) is 2.18. The SMILES string of the molecule is CCc1cc2ccc(C(N)=O)cc2nc1-c1cnn[nH]1. The summed E-state index contributed by atoms with van der Waals surface area (Å²) in [5, 5.41) is 11.3. The van der Waals surface area contributed by atoms with Crippen molar-refractivity contribution in [3.8, 4) is 11.4 Å². The Bertz CT molecular complexity index is 780. The van der Waals surface area contributed by atoms with Gasteiger partial charge in [0, 0.05) is 10.9 Å². The van der Waals surface area contributed by atoms with Crippen LogP contribution in [-0.4, -0.2) is 26.3 Å². The largest absolute Gasteiger partial charge is 0.366 e. The van der Waals surface area contributed by atoms with Crippen molar-refractivity contribution in [3.63, 3.8) is 0 Å². The van der Waals surface area contributed by atoms with Crippen molar-refractivity contribution in [1.29, 1.82) is 0 Å². The van der Waals surface area contributed by atoms with Gasteiger partial charge in [-0.15, -0.1) is 5.10 Å². The van der Waals surface area contributed by atoms with Gasteiger partial charge in [0.05, 0.1) is 17.4 Å². The fourth-order valence-electron chi connectivity index (χ4n) is 2.18. The lowest BCUT2D eigenvalue weighted by atomic mass is 10.0. The number of benzene rings is 1. The summed E-state index contributed by atoms with van der Waals surface area (Å²) in [7, 11) is 0. The molecule has 0 aliphatic rings. The summed E-state index contributed by atoms with van der Waals surface area (Å²) in [6.45, 7) is 2.06. The third kappa shape index (κ3) is 2.01. The fraction of sp³-hybridized carbons (Fsp3) is 0.143. The summed E-state index contributed by atoms with van der Waals surface area (Å²) in [5.74, 6) is -0.460. The van der Waals surface area contributed by atoms with Crippen molar-refractivity contribution in [3.05, 3.63) is 41.6 Å². The second kappa shape index (κ2) is 4.73. The van der Waals surface area contributed by atoms with E-state index in [9.17, 15) is 4.79 Å². The Kier molecular flexibility index (Phi) is 2.90. The number of nitrogens with zero attached hydrogens (tertiary/aromatic N) is 3. The van der Waals surface area contributed by atoms with Gasteiger partial charge in [-0.3, -0.25) is 9.89 Å². The average molecular weight is 267 g/mol. The normalized spacial score (nSPS) is 10.8. The molecule has 2 heterocycles. The quantitative estimate of drug-likeness (QED) is 0.754. The third-order valence-electron chi connectivity index (χ3n) is 3.23. The van der Waals surface area contributed by atoms with Gasteiger partial charge in [-0.25, -0.2) is 4.98 Å². The minimum atomic E-state index is -0.460. The number of hydrogen-bond acceptors (Lipinski definition) is 4. The highest BCUT2D eigenvalue weighted by Crippen LogP contribution is 2.24. The molecule has 6 heteroatoms. The highest BCUT2D eigenvalue weighted by molar-refractivity contribution is 5.97. The smallest absolute Gasteiger partial charge is 0.248 e. The van der Waals surface area contributed by atoms with Crippen molar-refractivity contribution < 1.29 is 4.79 Å². The lowest BCUT2D eigenvalue weighted by molar-refractivity contribution is 0.100. The Morgan fingerprint density at radius 1 is 1.35 bits per heavy atom. The molecule has 0 radical (unpaired) electrons. The number of carbonyl (C=O) groups is 1. The van der Waals surface area contributed by atoms with E-state index in [1.807, 2.05) is 6.07 Å². The first-order valence-electron chi connectivity index (χ1n) is 6.29. The molecular weight excluding hydrogens is 254 g/mol. The van der Waals surface area contributed by atoms with Crippen LogP contribution in [-0.2, 0) is 6.42 Å². The molecule has 0 aliphatic carbocycles.